The fourth-order valence-electron chi connectivity index (χ4n) is 2.88. The van der Waals surface area contributed by atoms with Crippen molar-refractivity contribution in [3.63, 3.8) is 0 Å². The number of carbonyl (C=O) groups is 2. The summed E-state index contributed by atoms with van der Waals surface area (Å²) < 4.78 is 0. The zero-order valence-electron chi connectivity index (χ0n) is 15.3. The van der Waals surface area contributed by atoms with Crippen LogP contribution in [0, 0.1) is 6.92 Å². The molecule has 0 bridgehead atoms. The first-order valence-corrected chi connectivity index (χ1v) is 9.41. The maximum atomic E-state index is 12.3. The lowest BCUT2D eigenvalue weighted by atomic mass is 10.0. The Morgan fingerprint density at radius 2 is 1.88 bits per heavy atom. The molecule has 2 rings (SSSR count). The predicted octanol–water partition coefficient (Wildman–Crippen LogP) is 2.55. The largest absolute Gasteiger partial charge is 0.350 e. The van der Waals surface area contributed by atoms with Crippen LogP contribution in [0.15, 0.2) is 12.1 Å². The van der Waals surface area contributed by atoms with Gasteiger partial charge in [-0.05, 0) is 59.6 Å². The predicted molar refractivity (Wildman–Crippen MR) is 98.5 cm³/mol. The lowest BCUT2D eigenvalue weighted by molar-refractivity contribution is -0.127. The Hall–Kier alpha value is -1.40. The summed E-state index contributed by atoms with van der Waals surface area (Å²) in [5.41, 5.74) is -0.212. The monoisotopic (exact) mass is 351 g/mol. The van der Waals surface area contributed by atoms with Gasteiger partial charge in [-0.25, -0.2) is 0 Å². The van der Waals surface area contributed by atoms with Gasteiger partial charge in [0, 0.05) is 29.5 Å². The molecule has 0 saturated carbocycles. The number of likely N-dealkylation sites (tertiary alicyclic amines) is 1. The van der Waals surface area contributed by atoms with Gasteiger partial charge in [-0.15, -0.1) is 11.3 Å². The summed E-state index contributed by atoms with van der Waals surface area (Å²) in [6, 6.07) is 3.90. The zero-order chi connectivity index (χ0) is 17.9. The Kier molecular flexibility index (Phi) is 6.04. The number of hydrogen-bond acceptors (Lipinski definition) is 4. The maximum absolute atomic E-state index is 12.3. The second-order valence-corrected chi connectivity index (χ2v) is 8.90. The van der Waals surface area contributed by atoms with Crippen LogP contribution in [0.5, 0.6) is 0 Å². The van der Waals surface area contributed by atoms with Crippen LogP contribution < -0.4 is 10.6 Å². The van der Waals surface area contributed by atoms with Gasteiger partial charge in [0.25, 0.3) is 5.91 Å². The van der Waals surface area contributed by atoms with Gasteiger partial charge in [0.05, 0.1) is 10.9 Å². The summed E-state index contributed by atoms with van der Waals surface area (Å²) >= 11 is 1.52. The van der Waals surface area contributed by atoms with Crippen molar-refractivity contribution in [3.05, 3.63) is 21.9 Å². The molecule has 2 heterocycles. The van der Waals surface area contributed by atoms with Crippen LogP contribution >= 0.6 is 11.3 Å². The van der Waals surface area contributed by atoms with Crippen LogP contribution in [0.3, 0.4) is 0 Å². The summed E-state index contributed by atoms with van der Waals surface area (Å²) in [5, 5.41) is 6.15. The van der Waals surface area contributed by atoms with Crippen molar-refractivity contribution in [3.8, 4) is 0 Å². The minimum absolute atomic E-state index is 0.0186. The molecule has 1 fully saturated rings. The molecule has 0 aliphatic carbocycles. The molecule has 0 spiro atoms. The lowest BCUT2D eigenvalue weighted by Gasteiger charge is -2.36. The molecule has 6 heteroatoms. The van der Waals surface area contributed by atoms with Crippen molar-refractivity contribution in [1.82, 2.24) is 15.5 Å². The van der Waals surface area contributed by atoms with Crippen molar-refractivity contribution < 1.29 is 9.59 Å². The number of nitrogens with zero attached hydrogens (tertiary/aromatic N) is 1. The van der Waals surface area contributed by atoms with Crippen LogP contribution in [0.2, 0.25) is 0 Å². The average molecular weight is 352 g/mol. The minimum Gasteiger partial charge on any atom is -0.350 e. The van der Waals surface area contributed by atoms with Gasteiger partial charge < -0.3 is 10.6 Å². The normalized spacial score (nSPS) is 18.2. The number of amides is 2. The third kappa shape index (κ3) is 5.31. The Labute approximate surface area is 148 Å². The van der Waals surface area contributed by atoms with Crippen LogP contribution in [-0.4, -0.2) is 47.4 Å². The van der Waals surface area contributed by atoms with E-state index in [4.69, 9.17) is 0 Å². The lowest BCUT2D eigenvalue weighted by Crippen LogP contribution is -2.54. The molecule has 1 aromatic heterocycles. The molecule has 2 amide bonds. The Balaban J connectivity index is 1.80. The highest BCUT2D eigenvalue weighted by molar-refractivity contribution is 7.13. The number of carbonyl (C=O) groups excluding carboxylic acids is 2. The van der Waals surface area contributed by atoms with Gasteiger partial charge in [-0.2, -0.15) is 0 Å². The van der Waals surface area contributed by atoms with E-state index in [0.29, 0.717) is 0 Å². The summed E-state index contributed by atoms with van der Waals surface area (Å²) in [6.45, 7) is 11.6. The van der Waals surface area contributed by atoms with Gasteiger partial charge in [-0.3, -0.25) is 14.5 Å². The summed E-state index contributed by atoms with van der Waals surface area (Å²) in [5.74, 6) is 0.0871. The van der Waals surface area contributed by atoms with Crippen LogP contribution in [0.4, 0.5) is 0 Å². The van der Waals surface area contributed by atoms with Crippen molar-refractivity contribution in [1.29, 1.82) is 0 Å². The molecule has 1 atom stereocenters. The topological polar surface area (TPSA) is 61.4 Å². The molecule has 24 heavy (non-hydrogen) atoms. The number of piperidine rings is 1. The summed E-state index contributed by atoms with van der Waals surface area (Å²) in [7, 11) is 0. The molecule has 5 nitrogen and oxygen atoms in total. The zero-order valence-corrected chi connectivity index (χ0v) is 16.1. The smallest absolute Gasteiger partial charge is 0.261 e. The van der Waals surface area contributed by atoms with E-state index in [1.807, 2.05) is 46.8 Å². The highest BCUT2D eigenvalue weighted by atomic mass is 32.1. The average Bonchev–Trinajstić information content (AvgIpc) is 2.92. The number of hydrogen-bond donors (Lipinski definition) is 2. The van der Waals surface area contributed by atoms with Crippen LogP contribution in [0.25, 0.3) is 0 Å². The Morgan fingerprint density at radius 3 is 2.38 bits per heavy atom. The molecule has 134 valence electrons. The van der Waals surface area contributed by atoms with E-state index < -0.39 is 0 Å². The second kappa shape index (κ2) is 7.66. The molecule has 2 N–H and O–H groups in total. The highest BCUT2D eigenvalue weighted by Crippen LogP contribution is 2.18. The fourth-order valence-corrected chi connectivity index (χ4v) is 3.65. The van der Waals surface area contributed by atoms with Gasteiger partial charge in [0.2, 0.25) is 5.91 Å². The molecule has 1 aliphatic heterocycles. The molecule has 1 aromatic rings. The SMILES string of the molecule is Cc1ccc(C(=O)NC2CCN(C(C)C(=O)NC(C)(C)C)CC2)s1. The number of rotatable bonds is 4. The molecular formula is C18H29N3O2S. The molecule has 1 unspecified atom stereocenters. The molecular weight excluding hydrogens is 322 g/mol. The van der Waals surface area contributed by atoms with E-state index in [9.17, 15) is 9.59 Å². The van der Waals surface area contributed by atoms with Gasteiger partial charge >= 0.3 is 0 Å². The fraction of sp³-hybridized carbons (Fsp3) is 0.667. The van der Waals surface area contributed by atoms with E-state index in [2.05, 4.69) is 15.5 Å². The van der Waals surface area contributed by atoms with Crippen molar-refractivity contribution in [2.75, 3.05) is 13.1 Å². The number of thiophene rings is 1. The van der Waals surface area contributed by atoms with E-state index in [1.54, 1.807) is 0 Å². The Morgan fingerprint density at radius 1 is 1.25 bits per heavy atom. The standard InChI is InChI=1S/C18H29N3O2S/c1-12-6-7-15(24-12)17(23)19-14-8-10-21(11-9-14)13(2)16(22)20-18(3,4)5/h6-7,13-14H,8-11H2,1-5H3,(H,19,23)(H,20,22). The van der Waals surface area contributed by atoms with Crippen molar-refractivity contribution in [2.24, 2.45) is 0 Å². The number of nitrogens with one attached hydrogen (secondary N) is 2. The minimum atomic E-state index is -0.212. The van der Waals surface area contributed by atoms with Crippen molar-refractivity contribution in [2.45, 2.75) is 65.1 Å². The Bertz CT molecular complexity index is 583. The first-order valence-electron chi connectivity index (χ1n) is 8.59. The quantitative estimate of drug-likeness (QED) is 0.876. The van der Waals surface area contributed by atoms with Gasteiger partial charge in [0.1, 0.15) is 0 Å². The summed E-state index contributed by atoms with van der Waals surface area (Å²) in [6.07, 6.45) is 1.76. The van der Waals surface area contributed by atoms with E-state index in [1.165, 1.54) is 11.3 Å². The van der Waals surface area contributed by atoms with Crippen LogP contribution in [0.1, 0.15) is 55.1 Å². The van der Waals surface area contributed by atoms with Crippen LogP contribution in [-0.2, 0) is 4.79 Å². The molecule has 0 aromatic carbocycles. The second-order valence-electron chi connectivity index (χ2n) is 7.61. The maximum Gasteiger partial charge on any atom is 0.261 e. The first-order chi connectivity index (χ1) is 11.2. The summed E-state index contributed by atoms with van der Waals surface area (Å²) in [4.78, 5) is 28.6. The highest BCUT2D eigenvalue weighted by Gasteiger charge is 2.29. The molecule has 1 aliphatic rings. The van der Waals surface area contributed by atoms with E-state index >= 15 is 0 Å². The first kappa shape index (κ1) is 18.9. The molecule has 1 saturated heterocycles. The van der Waals surface area contributed by atoms with Crippen molar-refractivity contribution >= 4 is 23.2 Å². The number of aryl methyl sites for hydroxylation is 1. The molecule has 0 radical (unpaired) electrons. The van der Waals surface area contributed by atoms with E-state index in [-0.39, 0.29) is 29.4 Å². The van der Waals surface area contributed by atoms with Gasteiger partial charge in [-0.1, -0.05) is 0 Å². The van der Waals surface area contributed by atoms with E-state index in [0.717, 1.165) is 35.7 Å². The third-order valence-corrected chi connectivity index (χ3v) is 5.25. The van der Waals surface area contributed by atoms with Gasteiger partial charge in [0.15, 0.2) is 0 Å². The third-order valence-electron chi connectivity index (χ3n) is 4.25.